The quantitative estimate of drug-likeness (QED) is 0.747. The number of carbonyl (C=O) groups is 1. The lowest BCUT2D eigenvalue weighted by molar-refractivity contribution is -0.00753. The molecule has 2 rings (SSSR count). The fourth-order valence-electron chi connectivity index (χ4n) is 2.61. The highest BCUT2D eigenvalue weighted by Gasteiger charge is 2.41. The number of hydrogen-bond acceptors (Lipinski definition) is 2. The molecule has 1 atom stereocenters. The van der Waals surface area contributed by atoms with Gasteiger partial charge in [0, 0.05) is 12.1 Å². The minimum Gasteiger partial charge on any atom is -0.444 e. The lowest BCUT2D eigenvalue weighted by Gasteiger charge is -2.38. The SMILES string of the molecule is [B]c1cccc(C2(F)CCCN(C(=O)OC(C)(C)C)C2)c1F. The van der Waals surface area contributed by atoms with Crippen LogP contribution >= 0.6 is 0 Å². The van der Waals surface area contributed by atoms with Crippen molar-refractivity contribution in [3.8, 4) is 0 Å². The Morgan fingerprint density at radius 3 is 2.73 bits per heavy atom. The van der Waals surface area contributed by atoms with Gasteiger partial charge in [-0.1, -0.05) is 23.7 Å². The van der Waals surface area contributed by atoms with E-state index in [-0.39, 0.29) is 24.0 Å². The second-order valence-electron chi connectivity index (χ2n) is 6.68. The zero-order valence-electron chi connectivity index (χ0n) is 13.2. The second-order valence-corrected chi connectivity index (χ2v) is 6.68. The van der Waals surface area contributed by atoms with Crippen LogP contribution in [0.3, 0.4) is 0 Å². The van der Waals surface area contributed by atoms with Crippen molar-refractivity contribution in [1.29, 1.82) is 0 Å². The van der Waals surface area contributed by atoms with Gasteiger partial charge in [0.05, 0.1) is 6.54 Å². The summed E-state index contributed by atoms with van der Waals surface area (Å²) in [6, 6.07) is 4.28. The van der Waals surface area contributed by atoms with Crippen molar-refractivity contribution >= 4 is 19.4 Å². The first-order chi connectivity index (χ1) is 10.1. The summed E-state index contributed by atoms with van der Waals surface area (Å²) in [5, 5.41) is 0. The molecule has 1 unspecified atom stereocenters. The fourth-order valence-corrected chi connectivity index (χ4v) is 2.61. The van der Waals surface area contributed by atoms with Gasteiger partial charge in [0.2, 0.25) is 0 Å². The van der Waals surface area contributed by atoms with Gasteiger partial charge in [-0.05, 0) is 33.6 Å². The van der Waals surface area contributed by atoms with Gasteiger partial charge in [0.15, 0.2) is 5.67 Å². The van der Waals surface area contributed by atoms with Crippen LogP contribution in [0.1, 0.15) is 39.2 Å². The van der Waals surface area contributed by atoms with E-state index in [9.17, 15) is 9.18 Å². The van der Waals surface area contributed by atoms with E-state index in [0.29, 0.717) is 13.0 Å². The maximum absolute atomic E-state index is 15.2. The molecule has 3 nitrogen and oxygen atoms in total. The maximum Gasteiger partial charge on any atom is 0.410 e. The number of hydrogen-bond donors (Lipinski definition) is 0. The normalized spacial score (nSPS) is 22.5. The maximum atomic E-state index is 15.2. The molecule has 1 amide bonds. The average Bonchev–Trinajstić information content (AvgIpc) is 2.40. The number of rotatable bonds is 1. The van der Waals surface area contributed by atoms with Crippen LogP contribution in [0.4, 0.5) is 13.6 Å². The van der Waals surface area contributed by atoms with Crippen molar-refractivity contribution in [1.82, 2.24) is 4.90 Å². The number of likely N-dealkylation sites (tertiary alicyclic amines) is 1. The Kier molecular flexibility index (Phi) is 4.50. The lowest BCUT2D eigenvalue weighted by atomic mass is 9.83. The van der Waals surface area contributed by atoms with E-state index in [0.717, 1.165) is 0 Å². The van der Waals surface area contributed by atoms with Gasteiger partial charge in [-0.2, -0.15) is 0 Å². The first kappa shape index (κ1) is 16.8. The molecule has 118 valence electrons. The smallest absolute Gasteiger partial charge is 0.410 e. The van der Waals surface area contributed by atoms with E-state index < -0.39 is 23.2 Å². The summed E-state index contributed by atoms with van der Waals surface area (Å²) in [5.74, 6) is -0.754. The Bertz CT molecular complexity index is 574. The molecule has 0 aliphatic carbocycles. The van der Waals surface area contributed by atoms with E-state index >= 15 is 4.39 Å². The zero-order valence-corrected chi connectivity index (χ0v) is 13.2. The highest BCUT2D eigenvalue weighted by molar-refractivity contribution is 6.32. The van der Waals surface area contributed by atoms with Crippen LogP contribution < -0.4 is 5.46 Å². The third kappa shape index (κ3) is 3.59. The van der Waals surface area contributed by atoms with Crippen molar-refractivity contribution in [2.45, 2.75) is 44.9 Å². The Morgan fingerprint density at radius 2 is 2.09 bits per heavy atom. The standard InChI is InChI=1S/C16H20BF2NO2/c1-15(2,3)22-14(21)20-9-5-8-16(19,10-20)11-6-4-7-12(17)13(11)18/h4,6-7H,5,8-10H2,1-3H3. The number of piperidine rings is 1. The minimum atomic E-state index is -1.95. The second kappa shape index (κ2) is 5.90. The van der Waals surface area contributed by atoms with Crippen LogP contribution in [0.15, 0.2) is 18.2 Å². The van der Waals surface area contributed by atoms with E-state index in [2.05, 4.69) is 0 Å². The molecule has 0 N–H and O–H groups in total. The molecular formula is C16H20BF2NO2. The van der Waals surface area contributed by atoms with Crippen molar-refractivity contribution in [2.75, 3.05) is 13.1 Å². The highest BCUT2D eigenvalue weighted by atomic mass is 19.1. The summed E-state index contributed by atoms with van der Waals surface area (Å²) in [6.07, 6.45) is -0.00468. The fraction of sp³-hybridized carbons (Fsp3) is 0.562. The van der Waals surface area contributed by atoms with Crippen molar-refractivity contribution in [3.63, 3.8) is 0 Å². The highest BCUT2D eigenvalue weighted by Crippen LogP contribution is 2.36. The molecule has 0 aromatic heterocycles. The average molecular weight is 307 g/mol. The number of nitrogens with zero attached hydrogens (tertiary/aromatic N) is 1. The molecule has 1 aromatic carbocycles. The summed E-state index contributed by atoms with van der Waals surface area (Å²) < 4.78 is 34.6. The number of halogens is 2. The third-order valence-corrected chi connectivity index (χ3v) is 3.61. The lowest BCUT2D eigenvalue weighted by Crippen LogP contribution is -2.48. The van der Waals surface area contributed by atoms with Crippen molar-refractivity contribution in [3.05, 3.63) is 29.6 Å². The Hall–Kier alpha value is -1.59. The molecule has 2 radical (unpaired) electrons. The molecule has 1 heterocycles. The summed E-state index contributed by atoms with van der Waals surface area (Å²) in [4.78, 5) is 13.4. The van der Waals surface area contributed by atoms with Gasteiger partial charge >= 0.3 is 6.09 Å². The van der Waals surface area contributed by atoms with Crippen LogP contribution in [-0.4, -0.2) is 37.5 Å². The minimum absolute atomic E-state index is 0.0936. The molecule has 0 bridgehead atoms. The molecule has 22 heavy (non-hydrogen) atoms. The molecular weight excluding hydrogens is 287 g/mol. The number of amides is 1. The Labute approximate surface area is 131 Å². The summed E-state index contributed by atoms with van der Waals surface area (Å²) in [5.41, 5.74) is -2.80. The van der Waals surface area contributed by atoms with Gasteiger partial charge in [0.1, 0.15) is 19.3 Å². The van der Waals surface area contributed by atoms with Crippen LogP contribution in [0.2, 0.25) is 0 Å². The van der Waals surface area contributed by atoms with Gasteiger partial charge in [-0.15, -0.1) is 0 Å². The number of carbonyl (C=O) groups excluding carboxylic acids is 1. The van der Waals surface area contributed by atoms with Gasteiger partial charge < -0.3 is 9.64 Å². The summed E-state index contributed by atoms with van der Waals surface area (Å²) >= 11 is 0. The Balaban J connectivity index is 2.22. The molecule has 1 aromatic rings. The van der Waals surface area contributed by atoms with E-state index in [1.807, 2.05) is 0 Å². The van der Waals surface area contributed by atoms with E-state index in [1.54, 1.807) is 20.8 Å². The summed E-state index contributed by atoms with van der Waals surface area (Å²) in [7, 11) is 5.52. The predicted octanol–water partition coefficient (Wildman–Crippen LogP) is 2.82. The van der Waals surface area contributed by atoms with Crippen LogP contribution in [0.5, 0.6) is 0 Å². The van der Waals surface area contributed by atoms with E-state index in [1.165, 1.54) is 23.1 Å². The van der Waals surface area contributed by atoms with Crippen molar-refractivity contribution in [2.24, 2.45) is 0 Å². The first-order valence-corrected chi connectivity index (χ1v) is 7.34. The zero-order chi connectivity index (χ0) is 16.5. The number of ether oxygens (including phenoxy) is 1. The van der Waals surface area contributed by atoms with E-state index in [4.69, 9.17) is 12.6 Å². The number of benzene rings is 1. The van der Waals surface area contributed by atoms with Crippen LogP contribution in [0.25, 0.3) is 0 Å². The predicted molar refractivity (Wildman–Crippen MR) is 81.6 cm³/mol. The van der Waals surface area contributed by atoms with Gasteiger partial charge in [-0.3, -0.25) is 0 Å². The molecule has 6 heteroatoms. The summed E-state index contributed by atoms with van der Waals surface area (Å²) in [6.45, 7) is 5.39. The third-order valence-electron chi connectivity index (χ3n) is 3.61. The molecule has 0 saturated carbocycles. The van der Waals surface area contributed by atoms with Gasteiger partial charge in [0.25, 0.3) is 0 Å². The molecule has 0 spiro atoms. The molecule has 1 fully saturated rings. The number of alkyl halides is 1. The molecule has 1 saturated heterocycles. The monoisotopic (exact) mass is 307 g/mol. The Morgan fingerprint density at radius 1 is 1.41 bits per heavy atom. The largest absolute Gasteiger partial charge is 0.444 e. The topological polar surface area (TPSA) is 29.5 Å². The van der Waals surface area contributed by atoms with Gasteiger partial charge in [-0.25, -0.2) is 13.6 Å². The van der Waals surface area contributed by atoms with Crippen LogP contribution in [0, 0.1) is 5.82 Å². The van der Waals surface area contributed by atoms with Crippen molar-refractivity contribution < 1.29 is 18.3 Å². The molecule has 1 aliphatic rings. The molecule has 1 aliphatic heterocycles. The first-order valence-electron chi connectivity index (χ1n) is 7.34. The van der Waals surface area contributed by atoms with Crippen LogP contribution in [-0.2, 0) is 10.4 Å².